The molecule has 1 aromatic carbocycles. The van der Waals surface area contributed by atoms with Gasteiger partial charge in [0.25, 0.3) is 5.91 Å². The molecule has 0 spiro atoms. The molecule has 26 heavy (non-hydrogen) atoms. The van der Waals surface area contributed by atoms with E-state index in [-0.39, 0.29) is 22.5 Å². The number of nitrogens with zero attached hydrogens (tertiary/aromatic N) is 2. The van der Waals surface area contributed by atoms with Crippen molar-refractivity contribution < 1.29 is 18.7 Å². The standard InChI is InChI=1S/C18H21ClFN3O3/c1-3-23-11(2)14(17(24)22-7-9-26-10-8-22)16(21-18(23)25)15-12(19)5-4-6-13(15)20/h4-6,16H,3,7-10H2,1-2H3,(H,21,25)/t16-/m0/s1. The maximum atomic E-state index is 14.5. The first kappa shape index (κ1) is 18.7. The highest BCUT2D eigenvalue weighted by Gasteiger charge is 2.39. The maximum absolute atomic E-state index is 14.5. The number of hydrogen-bond acceptors (Lipinski definition) is 3. The summed E-state index contributed by atoms with van der Waals surface area (Å²) in [6.07, 6.45) is 0. The molecule has 0 unspecified atom stereocenters. The molecule has 8 heteroatoms. The fourth-order valence-electron chi connectivity index (χ4n) is 3.38. The number of benzene rings is 1. The zero-order chi connectivity index (χ0) is 18.8. The van der Waals surface area contributed by atoms with E-state index in [9.17, 15) is 14.0 Å². The van der Waals surface area contributed by atoms with Gasteiger partial charge >= 0.3 is 6.03 Å². The number of halogens is 2. The largest absolute Gasteiger partial charge is 0.378 e. The van der Waals surface area contributed by atoms with Gasteiger partial charge in [-0.1, -0.05) is 17.7 Å². The first-order valence-corrected chi connectivity index (χ1v) is 8.93. The molecule has 2 aliphatic rings. The fourth-order valence-corrected chi connectivity index (χ4v) is 3.65. The third-order valence-electron chi connectivity index (χ3n) is 4.73. The highest BCUT2D eigenvalue weighted by Crippen LogP contribution is 2.36. The minimum atomic E-state index is -0.936. The van der Waals surface area contributed by atoms with Crippen molar-refractivity contribution in [3.05, 3.63) is 45.9 Å². The average Bonchev–Trinajstić information content (AvgIpc) is 2.62. The minimum absolute atomic E-state index is 0.106. The van der Waals surface area contributed by atoms with Gasteiger partial charge in [-0.25, -0.2) is 9.18 Å². The van der Waals surface area contributed by atoms with Crippen molar-refractivity contribution in [3.63, 3.8) is 0 Å². The highest BCUT2D eigenvalue weighted by molar-refractivity contribution is 6.31. The second-order valence-electron chi connectivity index (χ2n) is 6.17. The Labute approximate surface area is 156 Å². The summed E-state index contributed by atoms with van der Waals surface area (Å²) in [6.45, 7) is 5.73. The van der Waals surface area contributed by atoms with Crippen LogP contribution in [-0.2, 0) is 9.53 Å². The number of amides is 3. The third-order valence-corrected chi connectivity index (χ3v) is 5.06. The molecule has 1 saturated heterocycles. The summed E-state index contributed by atoms with van der Waals surface area (Å²) < 4.78 is 19.8. The number of carbonyl (C=O) groups is 2. The first-order valence-electron chi connectivity index (χ1n) is 8.55. The van der Waals surface area contributed by atoms with Crippen molar-refractivity contribution in [1.29, 1.82) is 0 Å². The van der Waals surface area contributed by atoms with Gasteiger partial charge in [0, 0.05) is 35.9 Å². The molecule has 140 valence electrons. The number of ether oxygens (including phenoxy) is 1. The minimum Gasteiger partial charge on any atom is -0.378 e. The van der Waals surface area contributed by atoms with E-state index in [1.807, 2.05) is 6.92 Å². The highest BCUT2D eigenvalue weighted by atomic mass is 35.5. The molecule has 0 aromatic heterocycles. The predicted octanol–water partition coefficient (Wildman–Crippen LogP) is 2.70. The van der Waals surface area contributed by atoms with E-state index in [0.717, 1.165) is 0 Å². The Morgan fingerprint density at radius 1 is 1.38 bits per heavy atom. The van der Waals surface area contributed by atoms with E-state index in [1.54, 1.807) is 17.9 Å². The van der Waals surface area contributed by atoms with E-state index in [2.05, 4.69) is 5.32 Å². The molecule has 1 aromatic rings. The third kappa shape index (κ3) is 3.29. The van der Waals surface area contributed by atoms with Gasteiger partial charge in [-0.2, -0.15) is 0 Å². The molecule has 1 fully saturated rings. The van der Waals surface area contributed by atoms with Gasteiger partial charge in [0.05, 0.1) is 24.8 Å². The number of nitrogens with one attached hydrogen (secondary N) is 1. The van der Waals surface area contributed by atoms with Crippen LogP contribution >= 0.6 is 11.6 Å². The zero-order valence-corrected chi connectivity index (χ0v) is 15.5. The molecule has 0 aliphatic carbocycles. The normalized spacial score (nSPS) is 21.1. The topological polar surface area (TPSA) is 61.9 Å². The number of rotatable bonds is 3. The van der Waals surface area contributed by atoms with Crippen molar-refractivity contribution >= 4 is 23.5 Å². The van der Waals surface area contributed by atoms with Gasteiger partial charge in [-0.05, 0) is 26.0 Å². The summed E-state index contributed by atoms with van der Waals surface area (Å²) in [5.74, 6) is -0.804. The Hall–Kier alpha value is -2.12. The van der Waals surface area contributed by atoms with E-state index >= 15 is 0 Å². The van der Waals surface area contributed by atoms with Gasteiger partial charge in [-0.3, -0.25) is 9.69 Å². The number of allylic oxidation sites excluding steroid dienone is 1. The van der Waals surface area contributed by atoms with Crippen LogP contribution in [0.25, 0.3) is 0 Å². The van der Waals surface area contributed by atoms with Crippen molar-refractivity contribution in [2.24, 2.45) is 0 Å². The van der Waals surface area contributed by atoms with Gasteiger partial charge < -0.3 is 15.0 Å². The Morgan fingerprint density at radius 3 is 2.69 bits per heavy atom. The summed E-state index contributed by atoms with van der Waals surface area (Å²) in [5.41, 5.74) is 0.951. The Balaban J connectivity index is 2.10. The van der Waals surface area contributed by atoms with Gasteiger partial charge in [0.1, 0.15) is 5.82 Å². The van der Waals surface area contributed by atoms with Crippen molar-refractivity contribution in [2.45, 2.75) is 19.9 Å². The summed E-state index contributed by atoms with van der Waals surface area (Å²) >= 11 is 6.21. The van der Waals surface area contributed by atoms with Crippen molar-refractivity contribution in [3.8, 4) is 0 Å². The van der Waals surface area contributed by atoms with E-state index < -0.39 is 11.9 Å². The van der Waals surface area contributed by atoms with Crippen LogP contribution in [0, 0.1) is 5.82 Å². The molecule has 1 atom stereocenters. The first-order chi connectivity index (χ1) is 12.5. The summed E-state index contributed by atoms with van der Waals surface area (Å²) in [6, 6.07) is 2.99. The van der Waals surface area contributed by atoms with Crippen LogP contribution in [0.3, 0.4) is 0 Å². The lowest BCUT2D eigenvalue weighted by Gasteiger charge is -2.38. The molecule has 0 bridgehead atoms. The summed E-state index contributed by atoms with van der Waals surface area (Å²) in [5, 5.41) is 2.91. The number of morpholine rings is 1. The molecule has 0 saturated carbocycles. The van der Waals surface area contributed by atoms with Crippen LogP contribution in [0.15, 0.2) is 29.5 Å². The molecule has 6 nitrogen and oxygen atoms in total. The van der Waals surface area contributed by atoms with Crippen LogP contribution in [0.1, 0.15) is 25.5 Å². The number of carbonyl (C=O) groups excluding carboxylic acids is 2. The Morgan fingerprint density at radius 2 is 2.08 bits per heavy atom. The average molecular weight is 382 g/mol. The number of urea groups is 1. The molecule has 0 radical (unpaired) electrons. The quantitative estimate of drug-likeness (QED) is 0.875. The number of hydrogen-bond donors (Lipinski definition) is 1. The van der Waals surface area contributed by atoms with Gasteiger partial charge in [0.15, 0.2) is 0 Å². The molecular formula is C18H21ClFN3O3. The predicted molar refractivity (Wildman–Crippen MR) is 95.2 cm³/mol. The monoisotopic (exact) mass is 381 g/mol. The van der Waals surface area contributed by atoms with Gasteiger partial charge in [0.2, 0.25) is 0 Å². The molecular weight excluding hydrogens is 361 g/mol. The molecule has 1 N–H and O–H groups in total. The van der Waals surface area contributed by atoms with Crippen LogP contribution in [0.5, 0.6) is 0 Å². The van der Waals surface area contributed by atoms with Gasteiger partial charge in [-0.15, -0.1) is 0 Å². The smallest absolute Gasteiger partial charge is 0.322 e. The second-order valence-corrected chi connectivity index (χ2v) is 6.57. The lowest BCUT2D eigenvalue weighted by atomic mass is 9.93. The van der Waals surface area contributed by atoms with Crippen molar-refractivity contribution in [1.82, 2.24) is 15.1 Å². The lowest BCUT2D eigenvalue weighted by Crippen LogP contribution is -2.51. The molecule has 2 heterocycles. The Kier molecular flexibility index (Phi) is 5.48. The van der Waals surface area contributed by atoms with Crippen molar-refractivity contribution in [2.75, 3.05) is 32.8 Å². The molecule has 3 amide bonds. The molecule has 2 aliphatic heterocycles. The second kappa shape index (κ2) is 7.63. The Bertz CT molecular complexity index is 742. The zero-order valence-electron chi connectivity index (χ0n) is 14.7. The lowest BCUT2D eigenvalue weighted by molar-refractivity contribution is -0.131. The van der Waals surface area contributed by atoms with E-state index in [0.29, 0.717) is 44.1 Å². The van der Waals surface area contributed by atoms with Crippen LogP contribution < -0.4 is 5.32 Å². The van der Waals surface area contributed by atoms with Crippen LogP contribution in [0.2, 0.25) is 5.02 Å². The van der Waals surface area contributed by atoms with Crippen LogP contribution in [0.4, 0.5) is 9.18 Å². The fraction of sp³-hybridized carbons (Fsp3) is 0.444. The SMILES string of the molecule is CCN1C(=O)N[C@H](c2c(F)cccc2Cl)C(C(=O)N2CCOCC2)=C1C. The van der Waals surface area contributed by atoms with E-state index in [1.165, 1.54) is 17.0 Å². The van der Waals surface area contributed by atoms with E-state index in [4.69, 9.17) is 16.3 Å². The molecule has 3 rings (SSSR count). The summed E-state index contributed by atoms with van der Waals surface area (Å²) in [4.78, 5) is 28.8. The summed E-state index contributed by atoms with van der Waals surface area (Å²) in [7, 11) is 0. The maximum Gasteiger partial charge on any atom is 0.322 e. The van der Waals surface area contributed by atoms with Crippen LogP contribution in [-0.4, -0.2) is 54.6 Å².